The van der Waals surface area contributed by atoms with Crippen molar-refractivity contribution in [1.29, 1.82) is 0 Å². The SMILES string of the molecule is CCCCC=CC=CC=CC=CCCC=CC=CC=CC(=O)NCC(O)(CCC)CCC. The molecule has 0 unspecified atom stereocenters. The van der Waals surface area contributed by atoms with Crippen molar-refractivity contribution in [2.75, 3.05) is 6.54 Å². The molecule has 3 heteroatoms. The van der Waals surface area contributed by atoms with Gasteiger partial charge in [-0.1, -0.05) is 125 Å². The molecule has 0 fully saturated rings. The number of allylic oxidation sites excluding steroid dienone is 13. The van der Waals surface area contributed by atoms with Crippen LogP contribution in [-0.2, 0) is 4.79 Å². The van der Waals surface area contributed by atoms with Crippen LogP contribution in [0.25, 0.3) is 0 Å². The van der Waals surface area contributed by atoms with Crippen molar-refractivity contribution in [2.24, 2.45) is 0 Å². The molecule has 0 bridgehead atoms. The number of carbonyl (C=O) groups is 1. The molecule has 0 aliphatic carbocycles. The van der Waals surface area contributed by atoms with Crippen LogP contribution in [-0.4, -0.2) is 23.2 Å². The number of carbonyl (C=O) groups excluding carboxylic acids is 1. The molecular formula is C29H45NO2. The molecular weight excluding hydrogens is 394 g/mol. The maximum absolute atomic E-state index is 11.9. The second-order valence-corrected chi connectivity index (χ2v) is 7.96. The van der Waals surface area contributed by atoms with E-state index in [0.29, 0.717) is 19.4 Å². The van der Waals surface area contributed by atoms with Gasteiger partial charge in [0.05, 0.1) is 5.60 Å². The maximum atomic E-state index is 11.9. The summed E-state index contributed by atoms with van der Waals surface area (Å²) in [5.74, 6) is -0.176. The molecule has 0 spiro atoms. The van der Waals surface area contributed by atoms with E-state index >= 15 is 0 Å². The molecule has 0 aromatic carbocycles. The van der Waals surface area contributed by atoms with Crippen LogP contribution in [0.1, 0.15) is 78.6 Å². The standard InChI is InChI=1S/C29H45NO2/c1-4-7-8-9-10-11-12-13-14-15-16-17-18-19-20-21-22-23-24-28(31)30-27-29(32,25-5-2)26-6-3/h9-16,19-24,32H,4-8,17-18,25-27H2,1-3H3,(H,30,31). The Labute approximate surface area is 197 Å². The Morgan fingerprint density at radius 3 is 1.66 bits per heavy atom. The molecule has 0 atom stereocenters. The lowest BCUT2D eigenvalue weighted by atomic mass is 9.92. The molecule has 0 saturated heterocycles. The van der Waals surface area contributed by atoms with Gasteiger partial charge in [0.25, 0.3) is 0 Å². The zero-order chi connectivity index (χ0) is 23.8. The van der Waals surface area contributed by atoms with E-state index in [1.165, 1.54) is 18.9 Å². The van der Waals surface area contributed by atoms with E-state index < -0.39 is 5.60 Å². The van der Waals surface area contributed by atoms with Crippen LogP contribution in [0.3, 0.4) is 0 Å². The van der Waals surface area contributed by atoms with Gasteiger partial charge in [0.1, 0.15) is 0 Å². The third kappa shape index (κ3) is 19.6. The summed E-state index contributed by atoms with van der Waals surface area (Å²) in [6.07, 6.45) is 36.6. The van der Waals surface area contributed by atoms with Gasteiger partial charge in [0.15, 0.2) is 0 Å². The molecule has 0 saturated carbocycles. The highest BCUT2D eigenvalue weighted by atomic mass is 16.3. The quantitative estimate of drug-likeness (QED) is 0.134. The predicted molar refractivity (Wildman–Crippen MR) is 141 cm³/mol. The molecule has 0 heterocycles. The second kappa shape index (κ2) is 21.8. The van der Waals surface area contributed by atoms with Crippen LogP contribution in [0.5, 0.6) is 0 Å². The third-order valence-corrected chi connectivity index (χ3v) is 4.79. The van der Waals surface area contributed by atoms with Crippen molar-refractivity contribution in [1.82, 2.24) is 5.32 Å². The summed E-state index contributed by atoms with van der Waals surface area (Å²) in [7, 11) is 0. The highest BCUT2D eigenvalue weighted by molar-refractivity contribution is 5.87. The van der Waals surface area contributed by atoms with Crippen molar-refractivity contribution in [3.05, 3.63) is 85.1 Å². The Morgan fingerprint density at radius 2 is 1.16 bits per heavy atom. The van der Waals surface area contributed by atoms with Crippen LogP contribution in [0.15, 0.2) is 85.1 Å². The first-order valence-electron chi connectivity index (χ1n) is 12.2. The fourth-order valence-electron chi connectivity index (χ4n) is 3.11. The van der Waals surface area contributed by atoms with Crippen LogP contribution in [0.2, 0.25) is 0 Å². The summed E-state index contributed by atoms with van der Waals surface area (Å²) in [5, 5.41) is 13.3. The van der Waals surface area contributed by atoms with Crippen LogP contribution in [0.4, 0.5) is 0 Å². The van der Waals surface area contributed by atoms with Crippen molar-refractivity contribution in [2.45, 2.75) is 84.2 Å². The van der Waals surface area contributed by atoms with E-state index in [4.69, 9.17) is 0 Å². The van der Waals surface area contributed by atoms with Gasteiger partial charge in [-0.3, -0.25) is 4.79 Å². The van der Waals surface area contributed by atoms with E-state index in [1.54, 1.807) is 6.08 Å². The Kier molecular flexibility index (Phi) is 20.2. The molecule has 178 valence electrons. The van der Waals surface area contributed by atoms with Crippen LogP contribution >= 0.6 is 0 Å². The smallest absolute Gasteiger partial charge is 0.244 e. The molecule has 2 N–H and O–H groups in total. The maximum Gasteiger partial charge on any atom is 0.244 e. The molecule has 0 rings (SSSR count). The monoisotopic (exact) mass is 439 g/mol. The minimum Gasteiger partial charge on any atom is -0.388 e. The van der Waals surface area contributed by atoms with E-state index in [2.05, 4.69) is 48.7 Å². The molecule has 0 aromatic heterocycles. The molecule has 0 radical (unpaired) electrons. The highest BCUT2D eigenvalue weighted by Gasteiger charge is 2.24. The van der Waals surface area contributed by atoms with E-state index in [9.17, 15) is 9.90 Å². The van der Waals surface area contributed by atoms with Crippen molar-refractivity contribution in [3.63, 3.8) is 0 Å². The predicted octanol–water partition coefficient (Wildman–Crippen LogP) is 7.30. The van der Waals surface area contributed by atoms with Gasteiger partial charge in [0, 0.05) is 12.6 Å². The van der Waals surface area contributed by atoms with Crippen LogP contribution < -0.4 is 5.32 Å². The molecule has 3 nitrogen and oxygen atoms in total. The van der Waals surface area contributed by atoms with Crippen molar-refractivity contribution in [3.8, 4) is 0 Å². The average Bonchev–Trinajstić information content (AvgIpc) is 2.77. The van der Waals surface area contributed by atoms with Gasteiger partial charge in [-0.25, -0.2) is 0 Å². The van der Waals surface area contributed by atoms with Gasteiger partial charge >= 0.3 is 0 Å². The van der Waals surface area contributed by atoms with Gasteiger partial charge in [-0.05, 0) is 32.1 Å². The molecule has 0 aliphatic rings. The number of hydrogen-bond acceptors (Lipinski definition) is 2. The zero-order valence-corrected chi connectivity index (χ0v) is 20.5. The minimum absolute atomic E-state index is 0.176. The number of amides is 1. The van der Waals surface area contributed by atoms with E-state index in [1.807, 2.05) is 50.3 Å². The van der Waals surface area contributed by atoms with E-state index in [-0.39, 0.29) is 5.91 Å². The minimum atomic E-state index is -0.794. The number of hydrogen-bond donors (Lipinski definition) is 2. The van der Waals surface area contributed by atoms with E-state index in [0.717, 1.165) is 32.1 Å². The first-order valence-corrected chi connectivity index (χ1v) is 12.2. The fourth-order valence-corrected chi connectivity index (χ4v) is 3.11. The van der Waals surface area contributed by atoms with Gasteiger partial charge in [-0.15, -0.1) is 0 Å². The largest absolute Gasteiger partial charge is 0.388 e. The summed E-state index contributed by atoms with van der Waals surface area (Å²) >= 11 is 0. The van der Waals surface area contributed by atoms with Gasteiger partial charge < -0.3 is 10.4 Å². The zero-order valence-electron chi connectivity index (χ0n) is 20.5. The number of nitrogens with one attached hydrogen (secondary N) is 1. The Hall–Kier alpha value is -2.39. The number of rotatable bonds is 18. The highest BCUT2D eigenvalue weighted by Crippen LogP contribution is 2.18. The third-order valence-electron chi connectivity index (χ3n) is 4.79. The summed E-state index contributed by atoms with van der Waals surface area (Å²) in [4.78, 5) is 11.9. The van der Waals surface area contributed by atoms with Gasteiger partial charge in [-0.2, -0.15) is 0 Å². The lowest BCUT2D eigenvalue weighted by Crippen LogP contribution is -2.42. The number of unbranched alkanes of at least 4 members (excludes halogenated alkanes) is 3. The summed E-state index contributed by atoms with van der Waals surface area (Å²) in [5.41, 5.74) is -0.794. The molecule has 0 aliphatic heterocycles. The normalized spacial score (nSPS) is 13.5. The van der Waals surface area contributed by atoms with Crippen LogP contribution in [0, 0.1) is 0 Å². The average molecular weight is 440 g/mol. The van der Waals surface area contributed by atoms with Crippen molar-refractivity contribution >= 4 is 5.91 Å². The summed E-state index contributed by atoms with van der Waals surface area (Å²) in [6.45, 7) is 6.59. The van der Waals surface area contributed by atoms with Gasteiger partial charge in [0.2, 0.25) is 5.91 Å². The number of aliphatic hydroxyl groups is 1. The Bertz CT molecular complexity index is 657. The Balaban J connectivity index is 3.97. The summed E-state index contributed by atoms with van der Waals surface area (Å²) < 4.78 is 0. The second-order valence-electron chi connectivity index (χ2n) is 7.96. The molecule has 1 amide bonds. The molecule has 32 heavy (non-hydrogen) atoms. The van der Waals surface area contributed by atoms with Crippen molar-refractivity contribution < 1.29 is 9.90 Å². The topological polar surface area (TPSA) is 49.3 Å². The lowest BCUT2D eigenvalue weighted by Gasteiger charge is -2.27. The molecule has 0 aromatic rings. The first kappa shape index (κ1) is 29.6. The summed E-state index contributed by atoms with van der Waals surface area (Å²) in [6, 6.07) is 0. The lowest BCUT2D eigenvalue weighted by molar-refractivity contribution is -0.117. The first-order chi connectivity index (χ1) is 15.6. The fraction of sp³-hybridized carbons (Fsp3) is 0.483. The Morgan fingerprint density at radius 1 is 0.688 bits per heavy atom.